The van der Waals surface area contributed by atoms with Crippen molar-refractivity contribution in [2.45, 2.75) is 55.0 Å². The molecule has 18 heteroatoms. The summed E-state index contributed by atoms with van der Waals surface area (Å²) in [4.78, 5) is 41.1. The van der Waals surface area contributed by atoms with E-state index in [1.165, 1.54) is 0 Å². The van der Waals surface area contributed by atoms with Gasteiger partial charge in [0.2, 0.25) is 0 Å². The first-order chi connectivity index (χ1) is 20.7. The molecule has 2 atom stereocenters. The molecule has 1 N–H and O–H groups in total. The highest BCUT2D eigenvalue weighted by Gasteiger charge is 2.70. The molecule has 0 heterocycles. The van der Waals surface area contributed by atoms with Crippen LogP contribution >= 0.6 is 136 Å². The zero-order chi connectivity index (χ0) is 33.3. The van der Waals surface area contributed by atoms with E-state index in [-0.39, 0.29) is 31.6 Å². The number of alkyl halides is 2. The highest BCUT2D eigenvalue weighted by Crippen LogP contribution is 2.66. The molecule has 9 nitrogen and oxygen atoms in total. The standard InChI is InChI=1S/C27H20F2I6O9S/c28-27(29,45(39,40)41)11-42-23(38)24-5-12-6-25(8-24,43-21(36)15-1-13(30)3-17(32)19(15)34)10-26(7-12,9-24)44-22(37)16-2-14(31)4-18(33)20(16)35/h1-4,12H,5-11H2,(H,39,40,41). The van der Waals surface area contributed by atoms with E-state index in [1.807, 2.05) is 12.1 Å². The van der Waals surface area contributed by atoms with Gasteiger partial charge in [-0.05, 0) is 185 Å². The van der Waals surface area contributed by atoms with Crippen molar-refractivity contribution in [3.05, 3.63) is 56.8 Å². The van der Waals surface area contributed by atoms with Crippen molar-refractivity contribution in [3.8, 4) is 0 Å². The van der Waals surface area contributed by atoms with Crippen LogP contribution in [-0.2, 0) is 29.1 Å². The third kappa shape index (κ3) is 7.55. The fraction of sp³-hybridized carbons (Fsp3) is 0.444. The van der Waals surface area contributed by atoms with Crippen LogP contribution in [0.2, 0.25) is 0 Å². The van der Waals surface area contributed by atoms with Gasteiger partial charge in [-0.2, -0.15) is 17.2 Å². The maximum Gasteiger partial charge on any atom is 0.402 e. The lowest BCUT2D eigenvalue weighted by Crippen LogP contribution is -2.67. The Balaban J connectivity index is 1.52. The fourth-order valence-electron chi connectivity index (χ4n) is 7.01. The van der Waals surface area contributed by atoms with Crippen LogP contribution in [0.1, 0.15) is 59.2 Å². The van der Waals surface area contributed by atoms with Gasteiger partial charge in [0.15, 0.2) is 6.61 Å². The van der Waals surface area contributed by atoms with Crippen LogP contribution < -0.4 is 0 Å². The molecule has 4 bridgehead atoms. The average Bonchev–Trinajstić information content (AvgIpc) is 2.89. The predicted molar refractivity (Wildman–Crippen MR) is 207 cm³/mol. The molecule has 0 aromatic heterocycles. The molecular formula is C27H20F2I6O9S. The third-order valence-electron chi connectivity index (χ3n) is 8.19. The van der Waals surface area contributed by atoms with Gasteiger partial charge >= 0.3 is 33.3 Å². The average molecular weight is 1320 g/mol. The fourth-order valence-corrected chi connectivity index (χ4v) is 12.0. The zero-order valence-corrected chi connectivity index (χ0v) is 36.2. The highest BCUT2D eigenvalue weighted by atomic mass is 127. The minimum atomic E-state index is -5.85. The highest BCUT2D eigenvalue weighted by molar-refractivity contribution is 14.1. The first kappa shape index (κ1) is 37.3. The van der Waals surface area contributed by atoms with Crippen LogP contribution in [0, 0.1) is 32.8 Å². The van der Waals surface area contributed by atoms with Gasteiger partial charge in [0.25, 0.3) is 0 Å². The van der Waals surface area contributed by atoms with E-state index in [0.717, 1.165) is 14.3 Å². The summed E-state index contributed by atoms with van der Waals surface area (Å²) < 4.78 is 81.4. The summed E-state index contributed by atoms with van der Waals surface area (Å²) in [5.74, 6) is -2.71. The van der Waals surface area contributed by atoms with Crippen LogP contribution in [0.4, 0.5) is 8.78 Å². The molecule has 0 saturated heterocycles. The van der Waals surface area contributed by atoms with Crippen LogP contribution in [0.5, 0.6) is 0 Å². The quantitative estimate of drug-likeness (QED) is 0.0925. The van der Waals surface area contributed by atoms with Crippen LogP contribution in [0.15, 0.2) is 24.3 Å². The van der Waals surface area contributed by atoms with Crippen molar-refractivity contribution in [2.75, 3.05) is 6.61 Å². The lowest BCUT2D eigenvalue weighted by atomic mass is 9.46. The molecule has 0 radical (unpaired) electrons. The maximum atomic E-state index is 14.1. The summed E-state index contributed by atoms with van der Waals surface area (Å²) in [5, 5.41) is -4.73. The van der Waals surface area contributed by atoms with Gasteiger partial charge < -0.3 is 14.2 Å². The number of ether oxygens (including phenoxy) is 3. The summed E-state index contributed by atoms with van der Waals surface area (Å²) in [6.45, 7) is -1.89. The normalized spacial score (nSPS) is 27.3. The second-order valence-electron chi connectivity index (χ2n) is 11.6. The van der Waals surface area contributed by atoms with Crippen molar-refractivity contribution in [3.63, 3.8) is 0 Å². The molecule has 0 amide bonds. The van der Waals surface area contributed by atoms with Gasteiger partial charge in [-0.25, -0.2) is 9.59 Å². The van der Waals surface area contributed by atoms with Crippen LogP contribution in [0.25, 0.3) is 0 Å². The number of carbonyl (C=O) groups is 3. The second kappa shape index (κ2) is 13.3. The molecule has 2 unspecified atom stereocenters. The van der Waals surface area contributed by atoms with Gasteiger partial charge in [-0.3, -0.25) is 9.35 Å². The number of rotatable bonds is 8. The van der Waals surface area contributed by atoms with E-state index in [9.17, 15) is 31.6 Å². The molecule has 6 rings (SSSR count). The first-order valence-electron chi connectivity index (χ1n) is 13.0. The van der Waals surface area contributed by atoms with Gasteiger partial charge in [0.05, 0.1) is 16.5 Å². The third-order valence-corrected chi connectivity index (χ3v) is 16.4. The van der Waals surface area contributed by atoms with Gasteiger partial charge in [0, 0.05) is 40.7 Å². The largest absolute Gasteiger partial charge is 0.458 e. The summed E-state index contributed by atoms with van der Waals surface area (Å²) in [6.07, 6.45) is 0.788. The van der Waals surface area contributed by atoms with Crippen LogP contribution in [0.3, 0.4) is 0 Å². The Morgan fingerprint density at radius 2 is 1.24 bits per heavy atom. The zero-order valence-electron chi connectivity index (χ0n) is 22.5. The van der Waals surface area contributed by atoms with E-state index in [1.54, 1.807) is 12.1 Å². The maximum absolute atomic E-state index is 14.1. The van der Waals surface area contributed by atoms with Crippen molar-refractivity contribution in [2.24, 2.45) is 11.3 Å². The smallest absolute Gasteiger partial charge is 0.402 e. The lowest BCUT2D eigenvalue weighted by molar-refractivity contribution is -0.238. The van der Waals surface area contributed by atoms with Gasteiger partial charge in [-0.1, -0.05) is 0 Å². The first-order valence-corrected chi connectivity index (χ1v) is 20.9. The molecule has 2 aromatic rings. The summed E-state index contributed by atoms with van der Waals surface area (Å²) >= 11 is 12.5. The van der Waals surface area contributed by atoms with E-state index in [2.05, 4.69) is 136 Å². The molecule has 4 aliphatic rings. The van der Waals surface area contributed by atoms with Crippen molar-refractivity contribution in [1.82, 2.24) is 0 Å². The minimum Gasteiger partial charge on any atom is -0.458 e. The Morgan fingerprint density at radius 1 is 0.800 bits per heavy atom. The monoisotopic (exact) mass is 1320 g/mol. The predicted octanol–water partition coefficient (Wildman–Crippen LogP) is 7.81. The number of hydrogen-bond acceptors (Lipinski definition) is 8. The van der Waals surface area contributed by atoms with Crippen molar-refractivity contribution < 1.29 is 50.3 Å². The number of benzene rings is 2. The van der Waals surface area contributed by atoms with Crippen molar-refractivity contribution >= 4 is 164 Å². The minimum absolute atomic E-state index is 0.0827. The van der Waals surface area contributed by atoms with Gasteiger partial charge in [-0.15, -0.1) is 0 Å². The topological polar surface area (TPSA) is 133 Å². The molecule has 244 valence electrons. The number of esters is 3. The Morgan fingerprint density at radius 3 is 1.67 bits per heavy atom. The molecule has 4 saturated carbocycles. The van der Waals surface area contributed by atoms with E-state index in [4.69, 9.17) is 18.8 Å². The SMILES string of the molecule is O=C(OC12CC3CC(OC(=O)c4cc(I)cc(I)c4I)(C1)CC(C(=O)OCC(F)(F)S(=O)(=O)O)(C3)C2)c1cc(I)cc(I)c1I. The van der Waals surface area contributed by atoms with E-state index < -0.39 is 56.5 Å². The molecular weight excluding hydrogens is 1300 g/mol. The second-order valence-corrected chi connectivity index (χ2v) is 20.1. The summed E-state index contributed by atoms with van der Waals surface area (Å²) in [7, 11) is -5.85. The van der Waals surface area contributed by atoms with Crippen LogP contribution in [-0.4, -0.2) is 53.9 Å². The molecule has 4 aliphatic carbocycles. The number of carbonyl (C=O) groups excluding carboxylic acids is 3. The molecule has 0 aliphatic heterocycles. The Hall–Kier alpha value is 1.00. The molecule has 0 spiro atoms. The summed E-state index contributed by atoms with van der Waals surface area (Å²) in [5.41, 5.74) is -3.48. The molecule has 45 heavy (non-hydrogen) atoms. The summed E-state index contributed by atoms with van der Waals surface area (Å²) in [6, 6.07) is 7.18. The number of hydrogen-bond donors (Lipinski definition) is 1. The molecule has 4 fully saturated rings. The van der Waals surface area contributed by atoms with Crippen molar-refractivity contribution in [1.29, 1.82) is 0 Å². The lowest BCUT2D eigenvalue weighted by Gasteiger charge is -2.63. The Labute approximate surface area is 338 Å². The Kier molecular flexibility index (Phi) is 11.0. The van der Waals surface area contributed by atoms with E-state index >= 15 is 0 Å². The van der Waals surface area contributed by atoms with E-state index in [0.29, 0.717) is 31.1 Å². The van der Waals surface area contributed by atoms with Gasteiger partial charge in [0.1, 0.15) is 11.2 Å². The Bertz CT molecular complexity index is 1650. The molecule has 2 aromatic carbocycles. The number of halogens is 8.